The second kappa shape index (κ2) is 8.83. The highest BCUT2D eigenvalue weighted by atomic mass is 32.1. The molecule has 0 bridgehead atoms. The van der Waals surface area contributed by atoms with E-state index in [1.165, 1.54) is 16.9 Å². The highest BCUT2D eigenvalue weighted by Crippen LogP contribution is 2.36. The van der Waals surface area contributed by atoms with Crippen molar-refractivity contribution in [3.05, 3.63) is 58.3 Å². The van der Waals surface area contributed by atoms with E-state index in [2.05, 4.69) is 49.5 Å². The SMILES string of the molecule is CC1(C)C[C@@H]([C@H](CCNC(=O)c2cccs2)Cc2ccccc2)CCO1. The van der Waals surface area contributed by atoms with Gasteiger partial charge in [-0.15, -0.1) is 11.3 Å². The van der Waals surface area contributed by atoms with Crippen LogP contribution in [-0.2, 0) is 11.2 Å². The Labute approximate surface area is 160 Å². The molecular weight excluding hydrogens is 342 g/mol. The van der Waals surface area contributed by atoms with E-state index in [0.717, 1.165) is 43.7 Å². The van der Waals surface area contributed by atoms with Crippen LogP contribution < -0.4 is 5.32 Å². The fourth-order valence-electron chi connectivity index (χ4n) is 3.97. The third kappa shape index (κ3) is 5.42. The molecule has 3 rings (SSSR count). The Morgan fingerprint density at radius 2 is 2.08 bits per heavy atom. The molecule has 4 heteroatoms. The van der Waals surface area contributed by atoms with E-state index in [1.54, 1.807) is 0 Å². The van der Waals surface area contributed by atoms with Crippen molar-refractivity contribution >= 4 is 17.2 Å². The molecule has 1 aliphatic heterocycles. The summed E-state index contributed by atoms with van der Waals surface area (Å²) in [5.74, 6) is 1.24. The van der Waals surface area contributed by atoms with Crippen molar-refractivity contribution in [2.24, 2.45) is 11.8 Å². The summed E-state index contributed by atoms with van der Waals surface area (Å²) in [6.07, 6.45) is 4.27. The van der Waals surface area contributed by atoms with E-state index in [0.29, 0.717) is 11.8 Å². The Bertz CT molecular complexity index is 681. The first-order chi connectivity index (χ1) is 12.5. The third-order valence-electron chi connectivity index (χ3n) is 5.29. The van der Waals surface area contributed by atoms with Crippen molar-refractivity contribution in [3.8, 4) is 0 Å². The van der Waals surface area contributed by atoms with E-state index in [9.17, 15) is 4.79 Å². The van der Waals surface area contributed by atoms with Crippen LogP contribution in [0.2, 0.25) is 0 Å². The normalized spacial score (nSPS) is 20.5. The Morgan fingerprint density at radius 1 is 1.27 bits per heavy atom. The molecule has 1 aromatic carbocycles. The fourth-order valence-corrected chi connectivity index (χ4v) is 4.61. The van der Waals surface area contributed by atoms with Crippen molar-refractivity contribution in [2.75, 3.05) is 13.2 Å². The number of rotatable bonds is 7. The van der Waals surface area contributed by atoms with Crippen molar-refractivity contribution < 1.29 is 9.53 Å². The molecule has 0 spiro atoms. The van der Waals surface area contributed by atoms with Crippen LogP contribution in [0.4, 0.5) is 0 Å². The molecule has 1 aromatic heterocycles. The van der Waals surface area contributed by atoms with Gasteiger partial charge in [-0.05, 0) is 68.4 Å². The zero-order chi connectivity index (χ0) is 18.4. The lowest BCUT2D eigenvalue weighted by atomic mass is 9.75. The average Bonchev–Trinajstić information content (AvgIpc) is 3.15. The third-order valence-corrected chi connectivity index (χ3v) is 6.16. The predicted molar refractivity (Wildman–Crippen MR) is 108 cm³/mol. The molecule has 0 aliphatic carbocycles. The van der Waals surface area contributed by atoms with Crippen molar-refractivity contribution in [1.29, 1.82) is 0 Å². The van der Waals surface area contributed by atoms with Crippen LogP contribution in [-0.4, -0.2) is 24.7 Å². The predicted octanol–water partition coefficient (Wildman–Crippen LogP) is 4.93. The standard InChI is InChI=1S/C22H29NO2S/c1-22(2)16-19(11-13-25-22)18(15-17-7-4-3-5-8-17)10-12-23-21(24)20-9-6-14-26-20/h3-9,14,18-19H,10-13,15-16H2,1-2H3,(H,23,24)/t18-,19+/m1/s1. The maximum Gasteiger partial charge on any atom is 0.261 e. The van der Waals surface area contributed by atoms with E-state index < -0.39 is 0 Å². The number of nitrogens with one attached hydrogen (secondary N) is 1. The lowest BCUT2D eigenvalue weighted by Crippen LogP contribution is -2.38. The number of thiophene rings is 1. The van der Waals surface area contributed by atoms with Gasteiger partial charge in [0.15, 0.2) is 0 Å². The molecule has 0 unspecified atom stereocenters. The Kier molecular flexibility index (Phi) is 6.49. The topological polar surface area (TPSA) is 38.3 Å². The number of ether oxygens (including phenoxy) is 1. The van der Waals surface area contributed by atoms with Gasteiger partial charge in [0.25, 0.3) is 5.91 Å². The Hall–Kier alpha value is -1.65. The molecule has 26 heavy (non-hydrogen) atoms. The molecule has 2 heterocycles. The minimum absolute atomic E-state index is 0.0436. The van der Waals surface area contributed by atoms with Gasteiger partial charge in [-0.1, -0.05) is 36.4 Å². The monoisotopic (exact) mass is 371 g/mol. The van der Waals surface area contributed by atoms with E-state index in [4.69, 9.17) is 4.74 Å². The molecule has 2 atom stereocenters. The van der Waals surface area contributed by atoms with Gasteiger partial charge in [0.05, 0.1) is 10.5 Å². The van der Waals surface area contributed by atoms with E-state index in [-0.39, 0.29) is 11.5 Å². The van der Waals surface area contributed by atoms with Crippen LogP contribution in [0.1, 0.15) is 48.3 Å². The quantitative estimate of drug-likeness (QED) is 0.749. The second-order valence-electron chi connectivity index (χ2n) is 7.83. The second-order valence-corrected chi connectivity index (χ2v) is 8.78. The molecule has 2 aromatic rings. The zero-order valence-corrected chi connectivity index (χ0v) is 16.6. The Morgan fingerprint density at radius 3 is 2.77 bits per heavy atom. The number of carbonyl (C=O) groups is 1. The largest absolute Gasteiger partial charge is 0.376 e. The van der Waals surface area contributed by atoms with E-state index in [1.807, 2.05) is 17.5 Å². The summed E-state index contributed by atoms with van der Waals surface area (Å²) in [5, 5.41) is 5.04. The number of hydrogen-bond donors (Lipinski definition) is 1. The van der Waals surface area contributed by atoms with Crippen LogP contribution in [0.3, 0.4) is 0 Å². The maximum absolute atomic E-state index is 12.2. The average molecular weight is 372 g/mol. The molecule has 140 valence electrons. The molecule has 1 N–H and O–H groups in total. The van der Waals surface area contributed by atoms with Gasteiger partial charge in [0.1, 0.15) is 0 Å². The van der Waals surface area contributed by atoms with Crippen molar-refractivity contribution in [2.45, 2.75) is 45.1 Å². The molecule has 0 radical (unpaired) electrons. The lowest BCUT2D eigenvalue weighted by molar-refractivity contribution is -0.0830. The minimum Gasteiger partial charge on any atom is -0.376 e. The van der Waals surface area contributed by atoms with E-state index >= 15 is 0 Å². The first-order valence-corrected chi connectivity index (χ1v) is 10.4. The highest BCUT2D eigenvalue weighted by molar-refractivity contribution is 7.12. The van der Waals surface area contributed by atoms with Crippen molar-refractivity contribution in [3.63, 3.8) is 0 Å². The summed E-state index contributed by atoms with van der Waals surface area (Å²) in [6, 6.07) is 14.5. The summed E-state index contributed by atoms with van der Waals surface area (Å²) >= 11 is 1.49. The summed E-state index contributed by atoms with van der Waals surface area (Å²) in [7, 11) is 0. The summed E-state index contributed by atoms with van der Waals surface area (Å²) in [6.45, 7) is 5.95. The molecule has 3 nitrogen and oxygen atoms in total. The van der Waals surface area contributed by atoms with Gasteiger partial charge >= 0.3 is 0 Å². The molecule has 0 saturated carbocycles. The molecule has 1 aliphatic rings. The fraction of sp³-hybridized carbons (Fsp3) is 0.500. The molecule has 1 saturated heterocycles. The van der Waals surface area contributed by atoms with Gasteiger partial charge < -0.3 is 10.1 Å². The van der Waals surface area contributed by atoms with Gasteiger partial charge in [0.2, 0.25) is 0 Å². The van der Waals surface area contributed by atoms with Crippen LogP contribution in [0, 0.1) is 11.8 Å². The molecular formula is C22H29NO2S. The maximum atomic E-state index is 12.2. The number of carbonyl (C=O) groups excluding carboxylic acids is 1. The minimum atomic E-state index is -0.0436. The Balaban J connectivity index is 1.61. The van der Waals surface area contributed by atoms with Gasteiger partial charge in [-0.3, -0.25) is 4.79 Å². The summed E-state index contributed by atoms with van der Waals surface area (Å²) in [5.41, 5.74) is 1.34. The van der Waals surface area contributed by atoms with Gasteiger partial charge in [-0.2, -0.15) is 0 Å². The molecule has 1 amide bonds. The summed E-state index contributed by atoms with van der Waals surface area (Å²) < 4.78 is 5.92. The lowest BCUT2D eigenvalue weighted by Gasteiger charge is -2.39. The van der Waals surface area contributed by atoms with Crippen LogP contribution in [0.25, 0.3) is 0 Å². The molecule has 1 fully saturated rings. The first-order valence-electron chi connectivity index (χ1n) is 9.53. The zero-order valence-electron chi connectivity index (χ0n) is 15.7. The van der Waals surface area contributed by atoms with Crippen molar-refractivity contribution in [1.82, 2.24) is 5.32 Å². The number of hydrogen-bond acceptors (Lipinski definition) is 3. The van der Waals surface area contributed by atoms with Gasteiger partial charge in [0, 0.05) is 13.2 Å². The highest BCUT2D eigenvalue weighted by Gasteiger charge is 2.33. The van der Waals surface area contributed by atoms with Crippen LogP contribution >= 0.6 is 11.3 Å². The van der Waals surface area contributed by atoms with Gasteiger partial charge in [-0.25, -0.2) is 0 Å². The van der Waals surface area contributed by atoms with Crippen LogP contribution in [0.5, 0.6) is 0 Å². The van der Waals surface area contributed by atoms with Crippen LogP contribution in [0.15, 0.2) is 47.8 Å². The summed E-state index contributed by atoms with van der Waals surface area (Å²) in [4.78, 5) is 13.0. The number of amides is 1. The smallest absolute Gasteiger partial charge is 0.261 e. The first kappa shape index (κ1) is 19.1. The number of benzene rings is 1.